The van der Waals surface area contributed by atoms with E-state index in [0.717, 1.165) is 30.1 Å². The third kappa shape index (κ3) is 4.07. The molecule has 1 fully saturated rings. The normalized spacial score (nSPS) is 18.5. The molecule has 4 nitrogen and oxygen atoms in total. The molecule has 1 amide bonds. The van der Waals surface area contributed by atoms with Gasteiger partial charge in [-0.2, -0.15) is 11.8 Å². The SMILES string of the molecule is O=C(CCc1ccco1)NCC1(O)CCSCC1. The van der Waals surface area contributed by atoms with Crippen LogP contribution < -0.4 is 5.32 Å². The summed E-state index contributed by atoms with van der Waals surface area (Å²) in [5, 5.41) is 13.0. The van der Waals surface area contributed by atoms with Crippen LogP contribution in [0, 0.1) is 0 Å². The average Bonchev–Trinajstić information content (AvgIpc) is 2.88. The fourth-order valence-corrected chi connectivity index (χ4v) is 3.22. The van der Waals surface area contributed by atoms with Crippen molar-refractivity contribution < 1.29 is 14.3 Å². The molecule has 1 aromatic heterocycles. The van der Waals surface area contributed by atoms with Gasteiger partial charge in [-0.05, 0) is 36.5 Å². The van der Waals surface area contributed by atoms with Crippen molar-refractivity contribution in [2.45, 2.75) is 31.3 Å². The van der Waals surface area contributed by atoms with E-state index in [1.807, 2.05) is 23.9 Å². The number of hydrogen-bond donors (Lipinski definition) is 2. The van der Waals surface area contributed by atoms with Crippen LogP contribution in [0.3, 0.4) is 0 Å². The second-order valence-electron chi connectivity index (χ2n) is 4.69. The predicted octanol–water partition coefficient (Wildman–Crippen LogP) is 1.59. The molecule has 2 rings (SSSR count). The number of rotatable bonds is 5. The van der Waals surface area contributed by atoms with E-state index >= 15 is 0 Å². The summed E-state index contributed by atoms with van der Waals surface area (Å²) >= 11 is 1.85. The van der Waals surface area contributed by atoms with Gasteiger partial charge in [0.1, 0.15) is 5.76 Å². The van der Waals surface area contributed by atoms with Gasteiger partial charge in [0.05, 0.1) is 11.9 Å². The van der Waals surface area contributed by atoms with Crippen LogP contribution in [0.4, 0.5) is 0 Å². The highest BCUT2D eigenvalue weighted by molar-refractivity contribution is 7.99. The Morgan fingerprint density at radius 3 is 2.94 bits per heavy atom. The van der Waals surface area contributed by atoms with E-state index in [2.05, 4.69) is 5.32 Å². The van der Waals surface area contributed by atoms with Gasteiger partial charge < -0.3 is 14.8 Å². The first-order valence-corrected chi connectivity index (χ1v) is 7.43. The van der Waals surface area contributed by atoms with Gasteiger partial charge in [-0.15, -0.1) is 0 Å². The zero-order chi connectivity index (χ0) is 12.8. The molecule has 0 bridgehead atoms. The summed E-state index contributed by atoms with van der Waals surface area (Å²) in [5.41, 5.74) is -0.703. The molecule has 1 saturated heterocycles. The first kappa shape index (κ1) is 13.5. The van der Waals surface area contributed by atoms with Gasteiger partial charge in [-0.1, -0.05) is 0 Å². The van der Waals surface area contributed by atoms with Crippen molar-refractivity contribution in [2.24, 2.45) is 0 Å². The number of nitrogens with one attached hydrogen (secondary N) is 1. The van der Waals surface area contributed by atoms with Gasteiger partial charge in [0, 0.05) is 19.4 Å². The highest BCUT2D eigenvalue weighted by atomic mass is 32.2. The summed E-state index contributed by atoms with van der Waals surface area (Å²) in [7, 11) is 0. The molecule has 5 heteroatoms. The van der Waals surface area contributed by atoms with Crippen LogP contribution in [0.2, 0.25) is 0 Å². The molecule has 0 radical (unpaired) electrons. The maximum atomic E-state index is 11.7. The molecule has 0 unspecified atom stereocenters. The molecule has 2 N–H and O–H groups in total. The smallest absolute Gasteiger partial charge is 0.220 e. The summed E-state index contributed by atoms with van der Waals surface area (Å²) in [6.07, 6.45) is 4.13. The molecule has 2 heterocycles. The van der Waals surface area contributed by atoms with Gasteiger partial charge in [0.25, 0.3) is 0 Å². The third-order valence-electron chi connectivity index (χ3n) is 3.22. The second-order valence-corrected chi connectivity index (χ2v) is 5.92. The number of aliphatic hydroxyl groups is 1. The predicted molar refractivity (Wildman–Crippen MR) is 71.5 cm³/mol. The minimum atomic E-state index is -0.703. The first-order valence-electron chi connectivity index (χ1n) is 6.27. The monoisotopic (exact) mass is 269 g/mol. The molecular weight excluding hydrogens is 250 g/mol. The van der Waals surface area contributed by atoms with Gasteiger partial charge in [-0.3, -0.25) is 4.79 Å². The quantitative estimate of drug-likeness (QED) is 0.852. The Labute approximate surface area is 111 Å². The second kappa shape index (κ2) is 6.29. The lowest BCUT2D eigenvalue weighted by Gasteiger charge is -2.31. The van der Waals surface area contributed by atoms with Crippen LogP contribution in [0.25, 0.3) is 0 Å². The van der Waals surface area contributed by atoms with Crippen molar-refractivity contribution >= 4 is 17.7 Å². The largest absolute Gasteiger partial charge is 0.469 e. The molecule has 1 aromatic rings. The lowest BCUT2D eigenvalue weighted by molar-refractivity contribution is -0.122. The number of carbonyl (C=O) groups is 1. The Morgan fingerprint density at radius 2 is 2.28 bits per heavy atom. The fourth-order valence-electron chi connectivity index (χ4n) is 1.97. The lowest BCUT2D eigenvalue weighted by atomic mass is 9.97. The van der Waals surface area contributed by atoms with Crippen molar-refractivity contribution in [3.63, 3.8) is 0 Å². The van der Waals surface area contributed by atoms with Crippen LogP contribution in [0.15, 0.2) is 22.8 Å². The number of hydrogen-bond acceptors (Lipinski definition) is 4. The van der Waals surface area contributed by atoms with Crippen molar-refractivity contribution in [3.8, 4) is 0 Å². The van der Waals surface area contributed by atoms with Crippen LogP contribution >= 0.6 is 11.8 Å². The first-order chi connectivity index (χ1) is 8.68. The van der Waals surface area contributed by atoms with E-state index in [0.29, 0.717) is 19.4 Å². The molecule has 0 saturated carbocycles. The van der Waals surface area contributed by atoms with Gasteiger partial charge >= 0.3 is 0 Å². The third-order valence-corrected chi connectivity index (χ3v) is 4.20. The molecule has 0 spiro atoms. The van der Waals surface area contributed by atoms with Gasteiger partial charge in [-0.25, -0.2) is 0 Å². The van der Waals surface area contributed by atoms with E-state index < -0.39 is 5.60 Å². The van der Waals surface area contributed by atoms with Crippen LogP contribution in [-0.4, -0.2) is 34.7 Å². The van der Waals surface area contributed by atoms with Crippen molar-refractivity contribution in [2.75, 3.05) is 18.1 Å². The zero-order valence-electron chi connectivity index (χ0n) is 10.4. The summed E-state index contributed by atoms with van der Waals surface area (Å²) < 4.78 is 5.17. The Morgan fingerprint density at radius 1 is 1.50 bits per heavy atom. The van der Waals surface area contributed by atoms with E-state index in [-0.39, 0.29) is 5.91 Å². The molecule has 0 atom stereocenters. The lowest BCUT2D eigenvalue weighted by Crippen LogP contribution is -2.45. The van der Waals surface area contributed by atoms with Crippen LogP contribution in [-0.2, 0) is 11.2 Å². The summed E-state index contributed by atoms with van der Waals surface area (Å²) in [6.45, 7) is 0.366. The topological polar surface area (TPSA) is 62.5 Å². The van der Waals surface area contributed by atoms with E-state index in [1.54, 1.807) is 6.26 Å². The Hall–Kier alpha value is -0.940. The number of furan rings is 1. The minimum Gasteiger partial charge on any atom is -0.469 e. The maximum Gasteiger partial charge on any atom is 0.220 e. The van der Waals surface area contributed by atoms with Gasteiger partial charge in [0.15, 0.2) is 0 Å². The molecule has 1 aliphatic rings. The average molecular weight is 269 g/mol. The minimum absolute atomic E-state index is 0.0296. The molecule has 18 heavy (non-hydrogen) atoms. The zero-order valence-corrected chi connectivity index (χ0v) is 11.2. The molecule has 0 aromatic carbocycles. The van der Waals surface area contributed by atoms with E-state index in [4.69, 9.17) is 4.42 Å². The number of carbonyl (C=O) groups excluding carboxylic acids is 1. The highest BCUT2D eigenvalue weighted by Crippen LogP contribution is 2.26. The van der Waals surface area contributed by atoms with Crippen molar-refractivity contribution in [3.05, 3.63) is 24.2 Å². The molecular formula is C13H19NO3S. The fraction of sp³-hybridized carbons (Fsp3) is 0.615. The van der Waals surface area contributed by atoms with Crippen molar-refractivity contribution in [1.82, 2.24) is 5.32 Å². The molecule has 0 aliphatic carbocycles. The summed E-state index contributed by atoms with van der Waals surface area (Å²) in [5.74, 6) is 2.73. The molecule has 1 aliphatic heterocycles. The maximum absolute atomic E-state index is 11.7. The number of thioether (sulfide) groups is 1. The Bertz CT molecular complexity index is 372. The number of aryl methyl sites for hydroxylation is 1. The van der Waals surface area contributed by atoms with E-state index in [9.17, 15) is 9.90 Å². The Balaban J connectivity index is 1.68. The number of amides is 1. The molecule has 100 valence electrons. The summed E-state index contributed by atoms with van der Waals surface area (Å²) in [4.78, 5) is 11.7. The van der Waals surface area contributed by atoms with Gasteiger partial charge in [0.2, 0.25) is 5.91 Å². The van der Waals surface area contributed by atoms with Crippen LogP contribution in [0.1, 0.15) is 25.0 Å². The summed E-state index contributed by atoms with van der Waals surface area (Å²) in [6, 6.07) is 3.68. The van der Waals surface area contributed by atoms with Crippen molar-refractivity contribution in [1.29, 1.82) is 0 Å². The highest BCUT2D eigenvalue weighted by Gasteiger charge is 2.29. The Kier molecular flexibility index (Phi) is 4.72. The van der Waals surface area contributed by atoms with E-state index in [1.165, 1.54) is 0 Å². The van der Waals surface area contributed by atoms with Crippen LogP contribution in [0.5, 0.6) is 0 Å². The standard InChI is InChI=1S/C13H19NO3S/c15-12(4-3-11-2-1-7-17-11)14-10-13(16)5-8-18-9-6-13/h1-2,7,16H,3-6,8-10H2,(H,14,15).